The predicted molar refractivity (Wildman–Crippen MR) is 89.9 cm³/mol. The van der Waals surface area contributed by atoms with E-state index in [0.717, 1.165) is 5.56 Å². The summed E-state index contributed by atoms with van der Waals surface area (Å²) in [7, 11) is 0. The predicted octanol–water partition coefficient (Wildman–Crippen LogP) is 1.98. The molecule has 3 rings (SSSR count). The van der Waals surface area contributed by atoms with E-state index in [2.05, 4.69) is 0 Å². The molecule has 134 valence electrons. The maximum absolute atomic E-state index is 13.3. The second-order valence-electron chi connectivity index (χ2n) is 6.09. The Bertz CT molecular complexity index is 887. The van der Waals surface area contributed by atoms with Crippen molar-refractivity contribution in [3.05, 3.63) is 38.7 Å². The summed E-state index contributed by atoms with van der Waals surface area (Å²) in [4.78, 5) is 25.0. The van der Waals surface area contributed by atoms with E-state index in [-0.39, 0.29) is 30.5 Å². The molecule has 2 aromatic rings. The number of ether oxygens (including phenoxy) is 1. The summed E-state index contributed by atoms with van der Waals surface area (Å²) >= 11 is 6.19. The van der Waals surface area contributed by atoms with Gasteiger partial charge in [0.2, 0.25) is 0 Å². The van der Waals surface area contributed by atoms with Crippen molar-refractivity contribution in [3.63, 3.8) is 0 Å². The molecule has 8 heteroatoms. The van der Waals surface area contributed by atoms with E-state index < -0.39 is 23.8 Å². The van der Waals surface area contributed by atoms with Crippen LogP contribution in [-0.2, 0) is 4.79 Å². The van der Waals surface area contributed by atoms with Gasteiger partial charge in [0.15, 0.2) is 6.61 Å². The Balaban J connectivity index is 1.80. The highest BCUT2D eigenvalue weighted by molar-refractivity contribution is 6.32. The fourth-order valence-electron chi connectivity index (χ4n) is 2.74. The zero-order valence-electron chi connectivity index (χ0n) is 13.7. The van der Waals surface area contributed by atoms with E-state index >= 15 is 0 Å². The Morgan fingerprint density at radius 2 is 2.12 bits per heavy atom. The van der Waals surface area contributed by atoms with Crippen LogP contribution in [0.3, 0.4) is 0 Å². The summed E-state index contributed by atoms with van der Waals surface area (Å²) in [5, 5.41) is 10.3. The molecule has 1 N–H and O–H groups in total. The van der Waals surface area contributed by atoms with Crippen LogP contribution in [0.15, 0.2) is 21.3 Å². The largest absolute Gasteiger partial charge is 0.482 e. The van der Waals surface area contributed by atoms with Crippen molar-refractivity contribution in [1.82, 2.24) is 4.90 Å². The third kappa shape index (κ3) is 3.34. The monoisotopic (exact) mass is 369 g/mol. The summed E-state index contributed by atoms with van der Waals surface area (Å²) < 4.78 is 23.9. The second-order valence-corrected chi connectivity index (χ2v) is 6.50. The molecule has 0 radical (unpaired) electrons. The van der Waals surface area contributed by atoms with Crippen molar-refractivity contribution in [2.24, 2.45) is 0 Å². The van der Waals surface area contributed by atoms with Gasteiger partial charge in [-0.25, -0.2) is 9.18 Å². The van der Waals surface area contributed by atoms with Gasteiger partial charge in [0.1, 0.15) is 23.6 Å². The van der Waals surface area contributed by atoms with Crippen LogP contribution in [0.25, 0.3) is 11.0 Å². The molecule has 1 fully saturated rings. The van der Waals surface area contributed by atoms with Crippen LogP contribution < -0.4 is 10.4 Å². The zero-order chi connectivity index (χ0) is 18.3. The quantitative estimate of drug-likeness (QED) is 0.837. The first kappa shape index (κ1) is 17.7. The minimum Gasteiger partial charge on any atom is -0.482 e. The number of halogens is 2. The molecule has 0 saturated carbocycles. The summed E-state index contributed by atoms with van der Waals surface area (Å²) in [5.41, 5.74) is 1.12. The number of likely N-dealkylation sites (tertiary alicyclic amines) is 1. The van der Waals surface area contributed by atoms with Gasteiger partial charge < -0.3 is 19.2 Å². The normalized spacial score (nSPS) is 20.3. The molecule has 1 amide bonds. The molecule has 1 aromatic carbocycles. The highest BCUT2D eigenvalue weighted by atomic mass is 35.5. The van der Waals surface area contributed by atoms with Crippen LogP contribution in [-0.4, -0.2) is 47.9 Å². The summed E-state index contributed by atoms with van der Waals surface area (Å²) in [6.45, 7) is 2.87. The zero-order valence-corrected chi connectivity index (χ0v) is 14.5. The smallest absolute Gasteiger partial charge is 0.339 e. The third-order valence-corrected chi connectivity index (χ3v) is 4.73. The number of alkyl halides is 1. The van der Waals surface area contributed by atoms with E-state index in [1.165, 1.54) is 11.0 Å². The molecule has 1 aliphatic rings. The van der Waals surface area contributed by atoms with Gasteiger partial charge in [-0.2, -0.15) is 0 Å². The van der Waals surface area contributed by atoms with Gasteiger partial charge in [-0.1, -0.05) is 11.6 Å². The number of hydrogen-bond donors (Lipinski definition) is 1. The maximum Gasteiger partial charge on any atom is 0.339 e. The molecule has 6 nitrogen and oxygen atoms in total. The lowest BCUT2D eigenvalue weighted by Crippen LogP contribution is -2.33. The Labute approximate surface area is 147 Å². The van der Waals surface area contributed by atoms with Gasteiger partial charge in [0.25, 0.3) is 5.91 Å². The van der Waals surface area contributed by atoms with Gasteiger partial charge in [0, 0.05) is 23.6 Å². The van der Waals surface area contributed by atoms with Gasteiger partial charge in [-0.15, -0.1) is 0 Å². The van der Waals surface area contributed by atoms with E-state index in [1.54, 1.807) is 19.9 Å². The van der Waals surface area contributed by atoms with Crippen molar-refractivity contribution in [1.29, 1.82) is 0 Å². The number of nitrogens with zero attached hydrogens (tertiary/aromatic N) is 1. The lowest BCUT2D eigenvalue weighted by atomic mass is 10.1. The van der Waals surface area contributed by atoms with E-state index in [9.17, 15) is 19.1 Å². The van der Waals surface area contributed by atoms with Crippen LogP contribution >= 0.6 is 11.6 Å². The molecule has 1 aliphatic heterocycles. The van der Waals surface area contributed by atoms with Crippen molar-refractivity contribution in [3.8, 4) is 5.75 Å². The molecule has 2 atom stereocenters. The number of benzene rings is 1. The number of carbonyl (C=O) groups is 1. The van der Waals surface area contributed by atoms with Crippen molar-refractivity contribution >= 4 is 28.5 Å². The average molecular weight is 370 g/mol. The molecule has 2 heterocycles. The number of aliphatic hydroxyl groups excluding tert-OH is 1. The van der Waals surface area contributed by atoms with Crippen molar-refractivity contribution < 1.29 is 23.4 Å². The van der Waals surface area contributed by atoms with Gasteiger partial charge >= 0.3 is 5.63 Å². The number of aliphatic hydroxyl groups is 1. The first-order valence-electron chi connectivity index (χ1n) is 7.74. The molecule has 0 unspecified atom stereocenters. The molecule has 0 bridgehead atoms. The topological polar surface area (TPSA) is 80.0 Å². The van der Waals surface area contributed by atoms with E-state index in [1.807, 2.05) is 0 Å². The standard InChI is InChI=1S/C17H17ClFNO5/c1-8-9(2)17(23)25-14-4-15(11(18)3-10(8)14)24-7-16(22)20-5-12(19)13(21)6-20/h3-4,12-13,21H,5-7H2,1-2H3/t12-,13-/m1/s1. The molecule has 25 heavy (non-hydrogen) atoms. The van der Waals surface area contributed by atoms with Crippen LogP contribution in [0.4, 0.5) is 4.39 Å². The van der Waals surface area contributed by atoms with Gasteiger partial charge in [-0.05, 0) is 25.5 Å². The number of amides is 1. The minimum absolute atomic E-state index is 0.0673. The number of aryl methyl sites for hydroxylation is 1. The maximum atomic E-state index is 13.3. The highest BCUT2D eigenvalue weighted by Crippen LogP contribution is 2.31. The van der Waals surface area contributed by atoms with Crippen LogP contribution in [0.2, 0.25) is 5.02 Å². The van der Waals surface area contributed by atoms with E-state index in [4.69, 9.17) is 20.8 Å². The number of fused-ring (bicyclic) bond motifs is 1. The fraction of sp³-hybridized carbons (Fsp3) is 0.412. The lowest BCUT2D eigenvalue weighted by Gasteiger charge is -2.16. The molecule has 0 aliphatic carbocycles. The first-order valence-corrected chi connectivity index (χ1v) is 8.12. The summed E-state index contributed by atoms with van der Waals surface area (Å²) in [5.74, 6) is -0.276. The van der Waals surface area contributed by atoms with E-state index in [0.29, 0.717) is 16.5 Å². The first-order chi connectivity index (χ1) is 11.8. The summed E-state index contributed by atoms with van der Waals surface area (Å²) in [6.07, 6.45) is -2.62. The van der Waals surface area contributed by atoms with Crippen molar-refractivity contribution in [2.45, 2.75) is 26.1 Å². The second kappa shape index (κ2) is 6.65. The van der Waals surface area contributed by atoms with Crippen LogP contribution in [0.5, 0.6) is 5.75 Å². The van der Waals surface area contributed by atoms with Crippen LogP contribution in [0, 0.1) is 13.8 Å². The SMILES string of the molecule is Cc1c(C)c2cc(Cl)c(OCC(=O)N3C[C@@H](O)[C@H](F)C3)cc2oc1=O. The molecular formula is C17H17ClFNO5. The molecular weight excluding hydrogens is 353 g/mol. The Hall–Kier alpha value is -2.12. The molecule has 0 spiro atoms. The Morgan fingerprint density at radius 3 is 2.76 bits per heavy atom. The minimum atomic E-state index is -1.45. The highest BCUT2D eigenvalue weighted by Gasteiger charge is 2.34. The molecule has 1 aromatic heterocycles. The molecule has 1 saturated heterocycles. The average Bonchev–Trinajstić information content (AvgIpc) is 2.91. The number of carbonyl (C=O) groups excluding carboxylic acids is 1. The van der Waals surface area contributed by atoms with Gasteiger partial charge in [0.05, 0.1) is 11.6 Å². The Morgan fingerprint density at radius 1 is 1.40 bits per heavy atom. The van der Waals surface area contributed by atoms with Crippen molar-refractivity contribution in [2.75, 3.05) is 19.7 Å². The fourth-order valence-corrected chi connectivity index (χ4v) is 2.95. The number of rotatable bonds is 3. The summed E-state index contributed by atoms with van der Waals surface area (Å²) in [6, 6.07) is 3.06. The van der Waals surface area contributed by atoms with Gasteiger partial charge in [-0.3, -0.25) is 4.79 Å². The Kier molecular flexibility index (Phi) is 4.71. The number of β-amino-alcohol motifs (C(OH)–C–C–N with tert-alkyl or cyclic N) is 1. The lowest BCUT2D eigenvalue weighted by molar-refractivity contribution is -0.132. The van der Waals surface area contributed by atoms with Crippen LogP contribution in [0.1, 0.15) is 11.1 Å². The number of hydrogen-bond acceptors (Lipinski definition) is 5. The third-order valence-electron chi connectivity index (χ3n) is 4.43.